The van der Waals surface area contributed by atoms with Crippen LogP contribution in [0.15, 0.2) is 170 Å². The van der Waals surface area contributed by atoms with E-state index in [1.807, 2.05) is 36.4 Å². The highest BCUT2D eigenvalue weighted by Crippen LogP contribution is 2.36. The maximum atomic E-state index is 12.8. The molecule has 8 heteroatoms. The van der Waals surface area contributed by atoms with Crippen molar-refractivity contribution in [2.45, 2.75) is 20.8 Å². The molecule has 294 valence electrons. The molecule has 7 aromatic carbocycles. The standard InChI is InChI=1S/C51H43NO7/c1-35-5-15-41(16-6-35)52(42-17-7-36(2)8-18-42)43-19-9-38(10-20-43)33-50(39-11-21-44(55-4)22-12-39)40-13-23-49(24-14-40)59-51(54)34-56-45-25-27-47(28-26-45)58-48-31-29-46(30-32-48)57-37(3)53/h5-33H,34H2,1-4H3/b50-33+. The lowest BCUT2D eigenvalue weighted by Gasteiger charge is -2.26. The lowest BCUT2D eigenvalue weighted by Crippen LogP contribution is -2.17. The average Bonchev–Trinajstić information content (AvgIpc) is 3.25. The van der Waals surface area contributed by atoms with Crippen LogP contribution in [-0.2, 0) is 9.59 Å². The van der Waals surface area contributed by atoms with Gasteiger partial charge in [0.1, 0.15) is 34.5 Å². The number of hydrogen-bond donors (Lipinski definition) is 0. The molecule has 0 radical (unpaired) electrons. The number of anilines is 3. The van der Waals surface area contributed by atoms with Gasteiger partial charge in [-0.25, -0.2) is 4.79 Å². The van der Waals surface area contributed by atoms with Crippen LogP contribution in [0.5, 0.6) is 34.5 Å². The van der Waals surface area contributed by atoms with Crippen LogP contribution in [0.25, 0.3) is 11.6 Å². The number of ether oxygens (including phenoxy) is 5. The summed E-state index contributed by atoms with van der Waals surface area (Å²) >= 11 is 0. The van der Waals surface area contributed by atoms with E-state index in [1.165, 1.54) is 18.1 Å². The number of carbonyl (C=O) groups excluding carboxylic acids is 2. The van der Waals surface area contributed by atoms with Gasteiger partial charge in [0.05, 0.1) is 7.11 Å². The van der Waals surface area contributed by atoms with Gasteiger partial charge in [0.2, 0.25) is 0 Å². The molecule has 0 amide bonds. The van der Waals surface area contributed by atoms with E-state index in [0.717, 1.165) is 45.1 Å². The molecule has 0 N–H and O–H groups in total. The minimum absolute atomic E-state index is 0.280. The van der Waals surface area contributed by atoms with Crippen molar-refractivity contribution in [2.75, 3.05) is 18.6 Å². The fraction of sp³-hybridized carbons (Fsp3) is 0.0980. The van der Waals surface area contributed by atoms with Crippen LogP contribution in [0.2, 0.25) is 0 Å². The molecule has 0 saturated heterocycles. The molecule has 0 aliphatic rings. The summed E-state index contributed by atoms with van der Waals surface area (Å²) in [7, 11) is 1.65. The number of aryl methyl sites for hydroxylation is 2. The van der Waals surface area contributed by atoms with Crippen LogP contribution >= 0.6 is 0 Å². The van der Waals surface area contributed by atoms with Crippen molar-refractivity contribution in [1.82, 2.24) is 0 Å². The summed E-state index contributed by atoms with van der Waals surface area (Å²) in [6.45, 7) is 5.25. The molecule has 0 aliphatic carbocycles. The first-order valence-electron chi connectivity index (χ1n) is 19.1. The van der Waals surface area contributed by atoms with Gasteiger partial charge in [0, 0.05) is 24.0 Å². The first-order chi connectivity index (χ1) is 28.7. The second kappa shape index (κ2) is 18.6. The summed E-state index contributed by atoms with van der Waals surface area (Å²) in [5, 5.41) is 0. The normalized spacial score (nSPS) is 11.0. The predicted molar refractivity (Wildman–Crippen MR) is 232 cm³/mol. The van der Waals surface area contributed by atoms with E-state index < -0.39 is 11.9 Å². The Morgan fingerprint density at radius 2 is 0.898 bits per heavy atom. The van der Waals surface area contributed by atoms with E-state index in [-0.39, 0.29) is 6.61 Å². The Morgan fingerprint density at radius 1 is 0.492 bits per heavy atom. The maximum Gasteiger partial charge on any atom is 0.349 e. The lowest BCUT2D eigenvalue weighted by atomic mass is 9.95. The Hall–Kier alpha value is -7.58. The molecular weight excluding hydrogens is 739 g/mol. The lowest BCUT2D eigenvalue weighted by molar-refractivity contribution is -0.136. The Morgan fingerprint density at radius 3 is 1.37 bits per heavy atom. The van der Waals surface area contributed by atoms with Gasteiger partial charge in [-0.3, -0.25) is 4.79 Å². The van der Waals surface area contributed by atoms with Gasteiger partial charge in [-0.05, 0) is 151 Å². The molecule has 0 aliphatic heterocycles. The fourth-order valence-electron chi connectivity index (χ4n) is 6.31. The Labute approximate surface area is 344 Å². The summed E-state index contributed by atoms with van der Waals surface area (Å²) < 4.78 is 27.6. The van der Waals surface area contributed by atoms with Crippen molar-refractivity contribution in [2.24, 2.45) is 0 Å². The average molecular weight is 782 g/mol. The van der Waals surface area contributed by atoms with Crippen molar-refractivity contribution in [3.8, 4) is 34.5 Å². The van der Waals surface area contributed by atoms with Gasteiger partial charge in [0.25, 0.3) is 0 Å². The molecular formula is C51H43NO7. The van der Waals surface area contributed by atoms with E-state index in [2.05, 4.69) is 97.6 Å². The zero-order valence-corrected chi connectivity index (χ0v) is 33.3. The van der Waals surface area contributed by atoms with Crippen molar-refractivity contribution >= 4 is 40.6 Å². The van der Waals surface area contributed by atoms with Gasteiger partial charge in [-0.1, -0.05) is 71.8 Å². The Bertz CT molecular complexity index is 2460. The van der Waals surface area contributed by atoms with Gasteiger partial charge < -0.3 is 28.6 Å². The monoisotopic (exact) mass is 781 g/mol. The Balaban J connectivity index is 1.03. The van der Waals surface area contributed by atoms with Crippen LogP contribution in [-0.4, -0.2) is 25.7 Å². The van der Waals surface area contributed by atoms with E-state index >= 15 is 0 Å². The summed E-state index contributed by atoms with van der Waals surface area (Å²) in [6.07, 6.45) is 2.15. The number of nitrogens with zero attached hydrogens (tertiary/aromatic N) is 1. The van der Waals surface area contributed by atoms with E-state index in [9.17, 15) is 9.59 Å². The van der Waals surface area contributed by atoms with Crippen molar-refractivity contribution in [3.05, 3.63) is 198 Å². The second-order valence-corrected chi connectivity index (χ2v) is 13.8. The summed E-state index contributed by atoms with van der Waals surface area (Å²) in [4.78, 5) is 26.2. The zero-order valence-electron chi connectivity index (χ0n) is 33.3. The fourth-order valence-corrected chi connectivity index (χ4v) is 6.31. The minimum atomic E-state index is -0.540. The van der Waals surface area contributed by atoms with Gasteiger partial charge in [0.15, 0.2) is 6.61 Å². The molecule has 7 rings (SSSR count). The van der Waals surface area contributed by atoms with Crippen molar-refractivity contribution in [3.63, 3.8) is 0 Å². The number of esters is 2. The zero-order chi connectivity index (χ0) is 41.1. The first-order valence-corrected chi connectivity index (χ1v) is 19.1. The highest BCUT2D eigenvalue weighted by molar-refractivity contribution is 5.92. The number of benzene rings is 7. The molecule has 0 heterocycles. The number of rotatable bonds is 14. The highest BCUT2D eigenvalue weighted by Gasteiger charge is 2.14. The van der Waals surface area contributed by atoms with Crippen LogP contribution < -0.4 is 28.6 Å². The van der Waals surface area contributed by atoms with Crippen molar-refractivity contribution < 1.29 is 33.3 Å². The smallest absolute Gasteiger partial charge is 0.349 e. The van der Waals surface area contributed by atoms with Crippen LogP contribution in [0.3, 0.4) is 0 Å². The van der Waals surface area contributed by atoms with Crippen LogP contribution in [0, 0.1) is 13.8 Å². The maximum absolute atomic E-state index is 12.8. The minimum Gasteiger partial charge on any atom is -0.497 e. The van der Waals surface area contributed by atoms with E-state index in [1.54, 1.807) is 67.8 Å². The molecule has 59 heavy (non-hydrogen) atoms. The highest BCUT2D eigenvalue weighted by atomic mass is 16.6. The molecule has 0 atom stereocenters. The molecule has 0 bridgehead atoms. The third-order valence-electron chi connectivity index (χ3n) is 9.35. The quantitative estimate of drug-likeness (QED) is 0.0613. The molecule has 0 unspecified atom stereocenters. The third kappa shape index (κ3) is 10.6. The summed E-state index contributed by atoms with van der Waals surface area (Å²) in [5.74, 6) is 2.30. The summed E-state index contributed by atoms with van der Waals surface area (Å²) in [6, 6.07) is 54.6. The molecule has 0 fully saturated rings. The number of methoxy groups -OCH3 is 1. The second-order valence-electron chi connectivity index (χ2n) is 13.8. The van der Waals surface area contributed by atoms with E-state index in [0.29, 0.717) is 28.7 Å². The largest absolute Gasteiger partial charge is 0.497 e. The van der Waals surface area contributed by atoms with Gasteiger partial charge in [-0.2, -0.15) is 0 Å². The SMILES string of the molecule is COc1ccc(/C(=C\c2ccc(N(c3ccc(C)cc3)c3ccc(C)cc3)cc2)c2ccc(OC(=O)COc3ccc(Oc4ccc(OC(C)=O)cc4)cc3)cc2)cc1. The molecule has 0 saturated carbocycles. The summed E-state index contributed by atoms with van der Waals surface area (Å²) in [5.41, 5.74) is 9.58. The van der Waals surface area contributed by atoms with Crippen molar-refractivity contribution in [1.29, 1.82) is 0 Å². The van der Waals surface area contributed by atoms with E-state index in [4.69, 9.17) is 23.7 Å². The predicted octanol–water partition coefficient (Wildman–Crippen LogP) is 12.1. The van der Waals surface area contributed by atoms with Gasteiger partial charge in [-0.15, -0.1) is 0 Å². The topological polar surface area (TPSA) is 83.5 Å². The Kier molecular flexibility index (Phi) is 12.5. The third-order valence-corrected chi connectivity index (χ3v) is 9.35. The van der Waals surface area contributed by atoms with Crippen LogP contribution in [0.1, 0.15) is 34.7 Å². The molecule has 0 aromatic heterocycles. The van der Waals surface area contributed by atoms with Gasteiger partial charge >= 0.3 is 11.9 Å². The molecule has 7 aromatic rings. The number of hydrogen-bond acceptors (Lipinski definition) is 8. The molecule has 0 spiro atoms. The number of carbonyl (C=O) groups is 2. The van der Waals surface area contributed by atoms with Crippen LogP contribution in [0.4, 0.5) is 17.1 Å². The first kappa shape index (κ1) is 39.6. The molecule has 8 nitrogen and oxygen atoms in total.